The van der Waals surface area contributed by atoms with E-state index in [0.717, 1.165) is 36.1 Å². The molecule has 0 aliphatic heterocycles. The van der Waals surface area contributed by atoms with Crippen molar-refractivity contribution in [2.24, 2.45) is 0 Å². The van der Waals surface area contributed by atoms with Crippen LogP contribution in [0.1, 0.15) is 51.7 Å². The molecule has 1 aliphatic rings. The molecular formula is C19H21N3O2. The summed E-state index contributed by atoms with van der Waals surface area (Å²) in [4.78, 5) is 28.7. The van der Waals surface area contributed by atoms with Gasteiger partial charge in [0.1, 0.15) is 5.69 Å². The van der Waals surface area contributed by atoms with Gasteiger partial charge in [-0.05, 0) is 49.4 Å². The first-order valence-corrected chi connectivity index (χ1v) is 8.25. The first kappa shape index (κ1) is 16.2. The summed E-state index contributed by atoms with van der Waals surface area (Å²) in [5.41, 5.74) is 3.64. The Balaban J connectivity index is 1.79. The molecule has 1 aromatic carbocycles. The molecule has 124 valence electrons. The zero-order chi connectivity index (χ0) is 17.1. The number of aryl methyl sites for hydroxylation is 2. The largest absolute Gasteiger partial charge is 0.348 e. The zero-order valence-corrected chi connectivity index (χ0v) is 13.9. The second-order valence-electron chi connectivity index (χ2n) is 6.09. The lowest BCUT2D eigenvalue weighted by Crippen LogP contribution is -2.26. The molecule has 1 heterocycles. The highest BCUT2D eigenvalue weighted by atomic mass is 16.2. The number of nitrogens with zero attached hydrogens (tertiary/aromatic N) is 1. The van der Waals surface area contributed by atoms with Crippen LogP contribution in [0.15, 0.2) is 36.5 Å². The maximum Gasteiger partial charge on any atom is 0.270 e. The van der Waals surface area contributed by atoms with E-state index in [1.165, 1.54) is 12.3 Å². The van der Waals surface area contributed by atoms with Gasteiger partial charge in [-0.15, -0.1) is 0 Å². The van der Waals surface area contributed by atoms with Gasteiger partial charge in [-0.2, -0.15) is 0 Å². The lowest BCUT2D eigenvalue weighted by Gasteiger charge is -2.13. The molecule has 1 saturated carbocycles. The highest BCUT2D eigenvalue weighted by molar-refractivity contribution is 6.06. The molecule has 0 bridgehead atoms. The lowest BCUT2D eigenvalue weighted by molar-refractivity contribution is 0.0946. The number of rotatable bonds is 5. The SMILES string of the molecule is CCc1cccc(C)c1NC(=O)c1ccnc(C(=O)NC2CC2)c1. The van der Waals surface area contributed by atoms with Crippen LogP contribution in [-0.4, -0.2) is 22.8 Å². The third kappa shape index (κ3) is 3.62. The second-order valence-corrected chi connectivity index (χ2v) is 6.09. The number of hydrogen-bond acceptors (Lipinski definition) is 3. The van der Waals surface area contributed by atoms with E-state index in [1.54, 1.807) is 6.07 Å². The van der Waals surface area contributed by atoms with Crippen LogP contribution >= 0.6 is 0 Å². The van der Waals surface area contributed by atoms with E-state index in [4.69, 9.17) is 0 Å². The molecule has 3 rings (SSSR count). The molecule has 2 N–H and O–H groups in total. The molecule has 5 nitrogen and oxygen atoms in total. The van der Waals surface area contributed by atoms with Crippen LogP contribution in [0.2, 0.25) is 0 Å². The Bertz CT molecular complexity index is 782. The number of carbonyl (C=O) groups is 2. The molecule has 1 aliphatic carbocycles. The van der Waals surface area contributed by atoms with Gasteiger partial charge >= 0.3 is 0 Å². The van der Waals surface area contributed by atoms with Crippen LogP contribution in [0, 0.1) is 6.92 Å². The smallest absolute Gasteiger partial charge is 0.270 e. The highest BCUT2D eigenvalue weighted by Crippen LogP contribution is 2.22. The zero-order valence-electron chi connectivity index (χ0n) is 13.9. The van der Waals surface area contributed by atoms with Gasteiger partial charge in [0.05, 0.1) is 0 Å². The average molecular weight is 323 g/mol. The minimum Gasteiger partial charge on any atom is -0.348 e. The summed E-state index contributed by atoms with van der Waals surface area (Å²) in [6, 6.07) is 9.37. The molecule has 0 radical (unpaired) electrons. The summed E-state index contributed by atoms with van der Waals surface area (Å²) >= 11 is 0. The Morgan fingerprint density at radius 3 is 2.71 bits per heavy atom. The number of amides is 2. The van der Waals surface area contributed by atoms with Gasteiger partial charge in [0.2, 0.25) is 0 Å². The van der Waals surface area contributed by atoms with E-state index >= 15 is 0 Å². The fourth-order valence-corrected chi connectivity index (χ4v) is 2.57. The number of pyridine rings is 1. The van der Waals surface area contributed by atoms with Crippen molar-refractivity contribution in [3.63, 3.8) is 0 Å². The van der Waals surface area contributed by atoms with Crippen LogP contribution in [0.5, 0.6) is 0 Å². The number of hydrogen-bond donors (Lipinski definition) is 2. The van der Waals surface area contributed by atoms with Crippen LogP contribution in [0.25, 0.3) is 0 Å². The number of carbonyl (C=O) groups excluding carboxylic acids is 2. The van der Waals surface area contributed by atoms with E-state index < -0.39 is 0 Å². The minimum atomic E-state index is -0.234. The molecule has 2 aromatic rings. The summed E-state index contributed by atoms with van der Waals surface area (Å²) < 4.78 is 0. The summed E-state index contributed by atoms with van der Waals surface area (Å²) in [6.45, 7) is 4.02. The van der Waals surface area contributed by atoms with E-state index in [1.807, 2.05) is 25.1 Å². The molecule has 1 aromatic heterocycles. The predicted octanol–water partition coefficient (Wildman–Crippen LogP) is 3.10. The topological polar surface area (TPSA) is 71.1 Å². The molecule has 0 atom stereocenters. The van der Waals surface area contributed by atoms with E-state index in [-0.39, 0.29) is 23.6 Å². The molecule has 0 unspecified atom stereocenters. The van der Waals surface area contributed by atoms with Crippen molar-refractivity contribution in [2.75, 3.05) is 5.32 Å². The van der Waals surface area contributed by atoms with E-state index in [9.17, 15) is 9.59 Å². The fourth-order valence-electron chi connectivity index (χ4n) is 2.57. The van der Waals surface area contributed by atoms with Gasteiger partial charge in [0.25, 0.3) is 11.8 Å². The summed E-state index contributed by atoms with van der Waals surface area (Å²) in [5.74, 6) is -0.459. The minimum absolute atomic E-state index is 0.225. The van der Waals surface area contributed by atoms with Crippen molar-refractivity contribution in [1.82, 2.24) is 10.3 Å². The van der Waals surface area contributed by atoms with Crippen molar-refractivity contribution >= 4 is 17.5 Å². The molecule has 24 heavy (non-hydrogen) atoms. The third-order valence-electron chi connectivity index (χ3n) is 4.15. The maximum atomic E-state index is 12.6. The Kier molecular flexibility index (Phi) is 4.60. The normalized spacial score (nSPS) is 13.4. The van der Waals surface area contributed by atoms with Crippen molar-refractivity contribution in [3.8, 4) is 0 Å². The Morgan fingerprint density at radius 2 is 2.00 bits per heavy atom. The van der Waals surface area contributed by atoms with Gasteiger partial charge in [0, 0.05) is 23.5 Å². The second kappa shape index (κ2) is 6.83. The van der Waals surface area contributed by atoms with Gasteiger partial charge in [-0.25, -0.2) is 0 Å². The Hall–Kier alpha value is -2.69. The Labute approximate surface area is 141 Å². The quantitative estimate of drug-likeness (QED) is 0.888. The molecule has 5 heteroatoms. The standard InChI is InChI=1S/C19H21N3O2/c1-3-13-6-4-5-12(2)17(13)22-18(23)14-9-10-20-16(11-14)19(24)21-15-7-8-15/h4-6,9-11,15H,3,7-8H2,1-2H3,(H,21,24)(H,22,23). The molecule has 0 spiro atoms. The molecule has 1 fully saturated rings. The lowest BCUT2D eigenvalue weighted by atomic mass is 10.1. The molecule has 0 saturated heterocycles. The van der Waals surface area contributed by atoms with Crippen LogP contribution in [-0.2, 0) is 6.42 Å². The predicted molar refractivity (Wildman–Crippen MR) is 93.2 cm³/mol. The van der Waals surface area contributed by atoms with Gasteiger partial charge < -0.3 is 10.6 Å². The first-order chi connectivity index (χ1) is 11.6. The van der Waals surface area contributed by atoms with E-state index in [2.05, 4.69) is 22.5 Å². The molecule has 2 amide bonds. The molecular weight excluding hydrogens is 302 g/mol. The first-order valence-electron chi connectivity index (χ1n) is 8.25. The monoisotopic (exact) mass is 323 g/mol. The summed E-state index contributed by atoms with van der Waals surface area (Å²) in [7, 11) is 0. The maximum absolute atomic E-state index is 12.6. The number of nitrogens with one attached hydrogen (secondary N) is 2. The third-order valence-corrected chi connectivity index (χ3v) is 4.15. The van der Waals surface area contributed by atoms with Crippen molar-refractivity contribution in [3.05, 3.63) is 58.9 Å². The average Bonchev–Trinajstić information content (AvgIpc) is 3.40. The van der Waals surface area contributed by atoms with Crippen LogP contribution in [0.4, 0.5) is 5.69 Å². The fraction of sp³-hybridized carbons (Fsp3) is 0.316. The van der Waals surface area contributed by atoms with Crippen molar-refractivity contribution in [2.45, 2.75) is 39.2 Å². The van der Waals surface area contributed by atoms with Gasteiger partial charge in [-0.3, -0.25) is 14.6 Å². The number of aromatic nitrogens is 1. The number of para-hydroxylation sites is 1. The van der Waals surface area contributed by atoms with Gasteiger partial charge in [0.15, 0.2) is 0 Å². The van der Waals surface area contributed by atoms with Crippen LogP contribution < -0.4 is 10.6 Å². The van der Waals surface area contributed by atoms with Gasteiger partial charge in [-0.1, -0.05) is 25.1 Å². The summed E-state index contributed by atoms with van der Waals surface area (Å²) in [6.07, 6.45) is 4.36. The van der Waals surface area contributed by atoms with Crippen molar-refractivity contribution < 1.29 is 9.59 Å². The number of benzene rings is 1. The summed E-state index contributed by atoms with van der Waals surface area (Å²) in [5, 5.41) is 5.85. The number of anilines is 1. The van der Waals surface area contributed by atoms with E-state index in [0.29, 0.717) is 5.56 Å². The highest BCUT2D eigenvalue weighted by Gasteiger charge is 2.24. The Morgan fingerprint density at radius 1 is 1.21 bits per heavy atom. The van der Waals surface area contributed by atoms with Crippen molar-refractivity contribution in [1.29, 1.82) is 0 Å². The van der Waals surface area contributed by atoms with Crippen LogP contribution in [0.3, 0.4) is 0 Å².